The van der Waals surface area contributed by atoms with Crippen molar-refractivity contribution in [2.75, 3.05) is 43.5 Å². The van der Waals surface area contributed by atoms with Gasteiger partial charge in [-0.25, -0.2) is 9.97 Å². The molecule has 2 saturated heterocycles. The third-order valence-electron chi connectivity index (χ3n) is 4.07. The molecule has 1 atom stereocenters. The van der Waals surface area contributed by atoms with Gasteiger partial charge in [0.05, 0.1) is 24.0 Å². The zero-order chi connectivity index (χ0) is 15.9. The summed E-state index contributed by atoms with van der Waals surface area (Å²) in [4.78, 5) is 37.1. The minimum absolute atomic E-state index is 0.00594. The first kappa shape index (κ1) is 14.7. The summed E-state index contributed by atoms with van der Waals surface area (Å²) in [7, 11) is 3.50. The Labute approximate surface area is 128 Å². The fraction of sp³-hybridized carbons (Fsp3) is 0.571. The van der Waals surface area contributed by atoms with E-state index in [2.05, 4.69) is 9.97 Å². The zero-order valence-corrected chi connectivity index (χ0v) is 12.6. The van der Waals surface area contributed by atoms with Gasteiger partial charge in [-0.15, -0.1) is 0 Å². The summed E-state index contributed by atoms with van der Waals surface area (Å²) < 4.78 is 0. The smallest absolute Gasteiger partial charge is 0.255 e. The quantitative estimate of drug-likeness (QED) is 0.778. The van der Waals surface area contributed by atoms with E-state index in [1.165, 1.54) is 4.90 Å². The summed E-state index contributed by atoms with van der Waals surface area (Å²) >= 11 is 0. The topological polar surface area (TPSA) is 89.9 Å². The second-order valence-corrected chi connectivity index (χ2v) is 5.87. The maximum absolute atomic E-state index is 11.8. The number of hydrogen-bond donors (Lipinski definition) is 1. The molecule has 2 fully saturated rings. The van der Waals surface area contributed by atoms with Crippen LogP contribution >= 0.6 is 0 Å². The van der Waals surface area contributed by atoms with Gasteiger partial charge in [0.15, 0.2) is 0 Å². The standard InChI is InChI=1S/C14H19N5O3/c1-17(2)12(21)9-7-18(8-9)14-15-5-10(6-16-14)19-4-3-11(20)13(19)22/h5-6,9,11,20H,3-4,7-8H2,1-2H3/t11-/m0/s1. The van der Waals surface area contributed by atoms with E-state index in [0.29, 0.717) is 37.7 Å². The van der Waals surface area contributed by atoms with Gasteiger partial charge in [-0.1, -0.05) is 0 Å². The molecule has 1 aromatic rings. The lowest BCUT2D eigenvalue weighted by Crippen LogP contribution is -2.54. The summed E-state index contributed by atoms with van der Waals surface area (Å²) in [6.45, 7) is 1.70. The molecular weight excluding hydrogens is 286 g/mol. The molecule has 0 aromatic carbocycles. The SMILES string of the molecule is CN(C)C(=O)C1CN(c2ncc(N3CC[C@H](O)C3=O)cn2)C1. The van der Waals surface area contributed by atoms with Gasteiger partial charge in [0.25, 0.3) is 5.91 Å². The van der Waals surface area contributed by atoms with Gasteiger partial charge in [0.2, 0.25) is 11.9 Å². The maximum atomic E-state index is 11.8. The number of hydrogen-bond acceptors (Lipinski definition) is 6. The van der Waals surface area contributed by atoms with Crippen LogP contribution in [0, 0.1) is 5.92 Å². The molecule has 8 nitrogen and oxygen atoms in total. The molecule has 2 aliphatic rings. The van der Waals surface area contributed by atoms with E-state index in [9.17, 15) is 14.7 Å². The molecule has 8 heteroatoms. The molecule has 3 rings (SSSR count). The molecule has 0 aliphatic carbocycles. The number of carbonyl (C=O) groups is 2. The number of aromatic nitrogens is 2. The van der Waals surface area contributed by atoms with Crippen molar-refractivity contribution in [3.8, 4) is 0 Å². The highest BCUT2D eigenvalue weighted by molar-refractivity contribution is 5.98. The Bertz CT molecular complexity index is 583. The highest BCUT2D eigenvalue weighted by atomic mass is 16.3. The normalized spacial score (nSPS) is 22.0. The Morgan fingerprint density at radius 2 is 1.95 bits per heavy atom. The first-order chi connectivity index (χ1) is 10.5. The predicted octanol–water partition coefficient (Wildman–Crippen LogP) is -0.901. The summed E-state index contributed by atoms with van der Waals surface area (Å²) in [6, 6.07) is 0. The van der Waals surface area contributed by atoms with E-state index in [1.807, 2.05) is 4.90 Å². The maximum Gasteiger partial charge on any atom is 0.255 e. The number of rotatable bonds is 3. The minimum atomic E-state index is -0.923. The molecule has 0 spiro atoms. The van der Waals surface area contributed by atoms with Crippen LogP contribution in [0.3, 0.4) is 0 Å². The van der Waals surface area contributed by atoms with Crippen LogP contribution in [0.5, 0.6) is 0 Å². The molecular formula is C14H19N5O3. The molecule has 0 bridgehead atoms. The van der Waals surface area contributed by atoms with Crippen molar-refractivity contribution in [3.05, 3.63) is 12.4 Å². The molecule has 22 heavy (non-hydrogen) atoms. The fourth-order valence-electron chi connectivity index (χ4n) is 2.70. The van der Waals surface area contributed by atoms with E-state index in [4.69, 9.17) is 0 Å². The second kappa shape index (κ2) is 5.53. The van der Waals surface area contributed by atoms with Gasteiger partial charge < -0.3 is 19.8 Å². The largest absolute Gasteiger partial charge is 0.383 e. The molecule has 0 unspecified atom stereocenters. The van der Waals surface area contributed by atoms with E-state index >= 15 is 0 Å². The first-order valence-electron chi connectivity index (χ1n) is 7.25. The number of anilines is 2. The predicted molar refractivity (Wildman–Crippen MR) is 79.4 cm³/mol. The Balaban J connectivity index is 1.62. The number of aliphatic hydroxyl groups is 1. The minimum Gasteiger partial charge on any atom is -0.383 e. The van der Waals surface area contributed by atoms with Gasteiger partial charge in [0.1, 0.15) is 6.10 Å². The van der Waals surface area contributed by atoms with Crippen LogP contribution in [0.25, 0.3) is 0 Å². The lowest BCUT2D eigenvalue weighted by molar-refractivity contribution is -0.133. The van der Waals surface area contributed by atoms with Gasteiger partial charge in [-0.05, 0) is 0 Å². The number of carbonyl (C=O) groups excluding carboxylic acids is 2. The average molecular weight is 305 g/mol. The number of aliphatic hydroxyl groups excluding tert-OH is 1. The second-order valence-electron chi connectivity index (χ2n) is 5.87. The zero-order valence-electron chi connectivity index (χ0n) is 12.6. The molecule has 1 aromatic heterocycles. The van der Waals surface area contributed by atoms with Crippen molar-refractivity contribution in [2.24, 2.45) is 5.92 Å². The molecule has 3 heterocycles. The molecule has 0 saturated carbocycles. The van der Waals surface area contributed by atoms with Crippen molar-refractivity contribution < 1.29 is 14.7 Å². The highest BCUT2D eigenvalue weighted by Gasteiger charge is 2.35. The van der Waals surface area contributed by atoms with Crippen LogP contribution in [-0.4, -0.2) is 71.6 Å². The third-order valence-corrected chi connectivity index (χ3v) is 4.07. The molecule has 0 radical (unpaired) electrons. The van der Waals surface area contributed by atoms with Gasteiger partial charge >= 0.3 is 0 Å². The van der Waals surface area contributed by atoms with E-state index < -0.39 is 6.10 Å². The summed E-state index contributed by atoms with van der Waals surface area (Å²) in [5.74, 6) is 0.355. The first-order valence-corrected chi connectivity index (χ1v) is 7.25. The lowest BCUT2D eigenvalue weighted by atomic mass is 9.99. The van der Waals surface area contributed by atoms with Crippen molar-refractivity contribution in [2.45, 2.75) is 12.5 Å². The molecule has 2 aliphatic heterocycles. The van der Waals surface area contributed by atoms with Crippen molar-refractivity contribution in [3.63, 3.8) is 0 Å². The summed E-state index contributed by atoms with van der Waals surface area (Å²) in [5.41, 5.74) is 0.590. The van der Waals surface area contributed by atoms with Gasteiger partial charge in [0, 0.05) is 40.2 Å². The molecule has 1 N–H and O–H groups in total. The van der Waals surface area contributed by atoms with E-state index in [0.717, 1.165) is 0 Å². The van der Waals surface area contributed by atoms with Crippen LogP contribution in [0.2, 0.25) is 0 Å². The van der Waals surface area contributed by atoms with Crippen LogP contribution in [0.1, 0.15) is 6.42 Å². The summed E-state index contributed by atoms with van der Waals surface area (Å²) in [5, 5.41) is 9.47. The monoisotopic (exact) mass is 305 g/mol. The van der Waals surface area contributed by atoms with Crippen LogP contribution in [-0.2, 0) is 9.59 Å². The highest BCUT2D eigenvalue weighted by Crippen LogP contribution is 2.25. The number of amides is 2. The average Bonchev–Trinajstić information content (AvgIpc) is 2.78. The fourth-order valence-corrected chi connectivity index (χ4v) is 2.70. The Morgan fingerprint density at radius 3 is 2.45 bits per heavy atom. The van der Waals surface area contributed by atoms with Crippen molar-refractivity contribution in [1.82, 2.24) is 14.9 Å². The third kappa shape index (κ3) is 2.50. The molecule has 2 amide bonds. The molecule has 118 valence electrons. The Morgan fingerprint density at radius 1 is 1.32 bits per heavy atom. The lowest BCUT2D eigenvalue weighted by Gasteiger charge is -2.39. The van der Waals surface area contributed by atoms with Crippen LogP contribution < -0.4 is 9.80 Å². The van der Waals surface area contributed by atoms with Gasteiger partial charge in [-0.2, -0.15) is 0 Å². The van der Waals surface area contributed by atoms with E-state index in [1.54, 1.807) is 31.4 Å². The summed E-state index contributed by atoms with van der Waals surface area (Å²) in [6.07, 6.45) is 2.67. The van der Waals surface area contributed by atoms with Crippen molar-refractivity contribution >= 4 is 23.5 Å². The van der Waals surface area contributed by atoms with Crippen molar-refractivity contribution in [1.29, 1.82) is 0 Å². The van der Waals surface area contributed by atoms with Crippen LogP contribution in [0.15, 0.2) is 12.4 Å². The Hall–Kier alpha value is -2.22. The van der Waals surface area contributed by atoms with Gasteiger partial charge in [-0.3, -0.25) is 9.59 Å². The number of nitrogens with zero attached hydrogens (tertiary/aromatic N) is 5. The van der Waals surface area contributed by atoms with E-state index in [-0.39, 0.29) is 17.7 Å². The Kier molecular flexibility index (Phi) is 3.69. The van der Waals surface area contributed by atoms with Crippen LogP contribution in [0.4, 0.5) is 11.6 Å².